The van der Waals surface area contributed by atoms with Crippen molar-refractivity contribution >= 4 is 5.91 Å². The molecule has 2 aromatic heterocycles. The van der Waals surface area contributed by atoms with Crippen LogP contribution < -0.4 is 10.1 Å². The predicted molar refractivity (Wildman–Crippen MR) is 107 cm³/mol. The van der Waals surface area contributed by atoms with Crippen molar-refractivity contribution in [3.8, 4) is 11.6 Å². The van der Waals surface area contributed by atoms with Gasteiger partial charge in [-0.3, -0.25) is 4.79 Å². The number of carbonyl (C=O) groups excluding carboxylic acids is 1. The number of carbonyl (C=O) groups is 1. The van der Waals surface area contributed by atoms with Gasteiger partial charge in [0.05, 0.1) is 12.3 Å². The maximum Gasteiger partial charge on any atom is 0.272 e. The monoisotopic (exact) mass is 376 g/mol. The molecular formula is C22H24N4O2. The molecule has 0 fully saturated rings. The van der Waals surface area contributed by atoms with Gasteiger partial charge in [-0.2, -0.15) is 5.10 Å². The fourth-order valence-electron chi connectivity index (χ4n) is 3.57. The van der Waals surface area contributed by atoms with E-state index in [1.807, 2.05) is 23.7 Å². The summed E-state index contributed by atoms with van der Waals surface area (Å²) in [6, 6.07) is 12.0. The van der Waals surface area contributed by atoms with Crippen molar-refractivity contribution in [1.29, 1.82) is 0 Å². The minimum absolute atomic E-state index is 0.140. The Labute approximate surface area is 164 Å². The molecule has 6 heteroatoms. The van der Waals surface area contributed by atoms with Crippen LogP contribution in [0.3, 0.4) is 0 Å². The summed E-state index contributed by atoms with van der Waals surface area (Å²) in [7, 11) is 0. The number of fused-ring (bicyclic) bond motifs is 1. The highest BCUT2D eigenvalue weighted by Gasteiger charge is 2.26. The predicted octanol–water partition coefficient (Wildman–Crippen LogP) is 3.39. The number of ether oxygens (including phenoxy) is 1. The highest BCUT2D eigenvalue weighted by atomic mass is 16.5. The van der Waals surface area contributed by atoms with Crippen LogP contribution in [-0.2, 0) is 19.4 Å². The van der Waals surface area contributed by atoms with Crippen molar-refractivity contribution < 1.29 is 9.53 Å². The molecule has 1 amide bonds. The smallest absolute Gasteiger partial charge is 0.272 e. The molecule has 0 unspecified atom stereocenters. The third kappa shape index (κ3) is 3.63. The zero-order valence-corrected chi connectivity index (χ0v) is 16.2. The summed E-state index contributed by atoms with van der Waals surface area (Å²) in [4.78, 5) is 17.0. The van der Waals surface area contributed by atoms with E-state index < -0.39 is 0 Å². The van der Waals surface area contributed by atoms with E-state index in [2.05, 4.69) is 46.6 Å². The first-order chi connectivity index (χ1) is 13.7. The molecule has 0 radical (unpaired) electrons. The Morgan fingerprint density at radius 1 is 1.21 bits per heavy atom. The van der Waals surface area contributed by atoms with Crippen LogP contribution in [0.1, 0.15) is 46.2 Å². The van der Waals surface area contributed by atoms with E-state index in [9.17, 15) is 4.79 Å². The molecule has 144 valence electrons. The summed E-state index contributed by atoms with van der Waals surface area (Å²) in [5, 5.41) is 7.65. The molecule has 0 spiro atoms. The maximum absolute atomic E-state index is 12.9. The van der Waals surface area contributed by atoms with Gasteiger partial charge in [0, 0.05) is 30.1 Å². The highest BCUT2D eigenvalue weighted by Crippen LogP contribution is 2.28. The minimum Gasteiger partial charge on any atom is -0.478 e. The lowest BCUT2D eigenvalue weighted by Crippen LogP contribution is -2.24. The lowest BCUT2D eigenvalue weighted by Gasteiger charge is -2.07. The van der Waals surface area contributed by atoms with Crippen molar-refractivity contribution in [3.63, 3.8) is 0 Å². The average molecular weight is 376 g/mol. The zero-order chi connectivity index (χ0) is 19.5. The van der Waals surface area contributed by atoms with Crippen LogP contribution in [-0.4, -0.2) is 27.3 Å². The summed E-state index contributed by atoms with van der Waals surface area (Å²) >= 11 is 0. The molecule has 0 bridgehead atoms. The second-order valence-electron chi connectivity index (χ2n) is 6.99. The van der Waals surface area contributed by atoms with Crippen molar-refractivity contribution in [3.05, 3.63) is 70.7 Å². The zero-order valence-electron chi connectivity index (χ0n) is 16.2. The van der Waals surface area contributed by atoms with Gasteiger partial charge in [0.25, 0.3) is 5.91 Å². The Kier molecular flexibility index (Phi) is 5.10. The normalized spacial score (nSPS) is 12.6. The second kappa shape index (κ2) is 7.84. The van der Waals surface area contributed by atoms with Crippen LogP contribution in [0.4, 0.5) is 0 Å². The van der Waals surface area contributed by atoms with E-state index in [0.717, 1.165) is 41.8 Å². The topological polar surface area (TPSA) is 69.0 Å². The van der Waals surface area contributed by atoms with Gasteiger partial charge in [0.1, 0.15) is 0 Å². The number of nitrogens with zero attached hydrogens (tertiary/aromatic N) is 3. The number of pyridine rings is 1. The molecular weight excluding hydrogens is 352 g/mol. The third-order valence-corrected chi connectivity index (χ3v) is 4.97. The molecule has 3 aromatic rings. The SMILES string of the molecule is CCOc1cc(CNC(=O)c2nn(-c3ccc(C)cc3)c3c2CCC3)ccn1. The first kappa shape index (κ1) is 18.2. The number of nitrogens with one attached hydrogen (secondary N) is 1. The molecule has 6 nitrogen and oxygen atoms in total. The van der Waals surface area contributed by atoms with Gasteiger partial charge in [0.2, 0.25) is 5.88 Å². The van der Waals surface area contributed by atoms with Gasteiger partial charge in [-0.1, -0.05) is 17.7 Å². The molecule has 0 saturated heterocycles. The quantitative estimate of drug-likeness (QED) is 0.716. The van der Waals surface area contributed by atoms with Crippen LogP contribution in [0, 0.1) is 6.92 Å². The Balaban J connectivity index is 1.54. The molecule has 1 N–H and O–H groups in total. The molecule has 1 aromatic carbocycles. The molecule has 28 heavy (non-hydrogen) atoms. The van der Waals surface area contributed by atoms with Crippen molar-refractivity contribution in [1.82, 2.24) is 20.1 Å². The second-order valence-corrected chi connectivity index (χ2v) is 6.99. The molecule has 2 heterocycles. The van der Waals surface area contributed by atoms with E-state index in [1.165, 1.54) is 5.56 Å². The molecule has 0 saturated carbocycles. The van der Waals surface area contributed by atoms with Crippen molar-refractivity contribution in [2.75, 3.05) is 6.61 Å². The molecule has 0 aliphatic heterocycles. The minimum atomic E-state index is -0.140. The molecule has 0 atom stereocenters. The maximum atomic E-state index is 12.9. The van der Waals surface area contributed by atoms with Gasteiger partial charge < -0.3 is 10.1 Å². The summed E-state index contributed by atoms with van der Waals surface area (Å²) in [5.41, 5.74) is 5.90. The number of aryl methyl sites for hydroxylation is 1. The number of aromatic nitrogens is 3. The number of benzene rings is 1. The van der Waals surface area contributed by atoms with Gasteiger partial charge >= 0.3 is 0 Å². The van der Waals surface area contributed by atoms with Gasteiger partial charge in [-0.15, -0.1) is 0 Å². The fourth-order valence-corrected chi connectivity index (χ4v) is 3.57. The molecule has 1 aliphatic carbocycles. The number of rotatable bonds is 6. The number of hydrogen-bond acceptors (Lipinski definition) is 4. The largest absolute Gasteiger partial charge is 0.478 e. The van der Waals surface area contributed by atoms with Crippen LogP contribution in [0.25, 0.3) is 5.69 Å². The highest BCUT2D eigenvalue weighted by molar-refractivity contribution is 5.94. The lowest BCUT2D eigenvalue weighted by molar-refractivity contribution is 0.0944. The van der Waals surface area contributed by atoms with Crippen LogP contribution in [0.15, 0.2) is 42.6 Å². The van der Waals surface area contributed by atoms with E-state index in [4.69, 9.17) is 4.74 Å². The molecule has 1 aliphatic rings. The fraction of sp³-hybridized carbons (Fsp3) is 0.318. The average Bonchev–Trinajstić information content (AvgIpc) is 3.30. The first-order valence-corrected chi connectivity index (χ1v) is 9.69. The molecule has 4 rings (SSSR count). The standard InChI is InChI=1S/C22H24N4O2/c1-3-28-20-13-16(11-12-23-20)14-24-22(27)21-18-5-4-6-19(18)26(25-21)17-9-7-15(2)8-10-17/h7-13H,3-6,14H2,1-2H3,(H,24,27). The summed E-state index contributed by atoms with van der Waals surface area (Å²) < 4.78 is 7.35. The Morgan fingerprint density at radius 3 is 2.82 bits per heavy atom. The lowest BCUT2D eigenvalue weighted by atomic mass is 10.2. The van der Waals surface area contributed by atoms with Crippen molar-refractivity contribution in [2.24, 2.45) is 0 Å². The number of hydrogen-bond donors (Lipinski definition) is 1. The summed E-state index contributed by atoms with van der Waals surface area (Å²) in [6.45, 7) is 4.95. The van der Waals surface area contributed by atoms with Crippen LogP contribution in [0.5, 0.6) is 5.88 Å². The van der Waals surface area contributed by atoms with Gasteiger partial charge in [0.15, 0.2) is 5.69 Å². The van der Waals surface area contributed by atoms with Crippen molar-refractivity contribution in [2.45, 2.75) is 39.7 Å². The summed E-state index contributed by atoms with van der Waals surface area (Å²) in [5.74, 6) is 0.428. The summed E-state index contributed by atoms with van der Waals surface area (Å²) in [6.07, 6.45) is 4.59. The van der Waals surface area contributed by atoms with E-state index in [0.29, 0.717) is 24.7 Å². The number of amides is 1. The Morgan fingerprint density at radius 2 is 2.04 bits per heavy atom. The van der Waals surface area contributed by atoms with Crippen LogP contribution >= 0.6 is 0 Å². The Hall–Kier alpha value is -3.15. The van der Waals surface area contributed by atoms with E-state index in [-0.39, 0.29) is 5.91 Å². The van der Waals surface area contributed by atoms with Gasteiger partial charge in [-0.25, -0.2) is 9.67 Å². The van der Waals surface area contributed by atoms with E-state index >= 15 is 0 Å². The Bertz CT molecular complexity index is 992. The third-order valence-electron chi connectivity index (χ3n) is 4.97. The first-order valence-electron chi connectivity index (χ1n) is 9.69. The van der Waals surface area contributed by atoms with Crippen LogP contribution in [0.2, 0.25) is 0 Å². The van der Waals surface area contributed by atoms with Gasteiger partial charge in [-0.05, 0) is 56.9 Å². The van der Waals surface area contributed by atoms with E-state index in [1.54, 1.807) is 6.20 Å².